The molecule has 0 radical (unpaired) electrons. The van der Waals surface area contributed by atoms with Gasteiger partial charge in [0.05, 0.1) is 0 Å². The molecule has 0 saturated carbocycles. The topological polar surface area (TPSA) is 18.5 Å². The van der Waals surface area contributed by atoms with Crippen molar-refractivity contribution in [1.29, 1.82) is 0 Å². The second kappa shape index (κ2) is 11.2. The monoisotopic (exact) mass is 290 g/mol. The normalized spacial score (nSPS) is 15.3. The van der Waals surface area contributed by atoms with Gasteiger partial charge in [0, 0.05) is 12.2 Å². The van der Waals surface area contributed by atoms with Crippen LogP contribution in [0.2, 0.25) is 24.2 Å². The maximum atomic E-state index is 6.15. The molecule has 0 spiro atoms. The lowest BCUT2D eigenvalue weighted by molar-refractivity contribution is 0.158. The summed E-state index contributed by atoms with van der Waals surface area (Å²) in [6.07, 6.45) is 3.16. The van der Waals surface area contributed by atoms with Crippen molar-refractivity contribution in [2.24, 2.45) is 0 Å². The van der Waals surface area contributed by atoms with Gasteiger partial charge in [-0.2, -0.15) is 0 Å². The summed E-state index contributed by atoms with van der Waals surface area (Å²) in [4.78, 5) is 0. The minimum Gasteiger partial charge on any atom is -0.417 e. The molecule has 0 aliphatic carbocycles. The third-order valence-electron chi connectivity index (χ3n) is 3.65. The summed E-state index contributed by atoms with van der Waals surface area (Å²) < 4.78 is 12.3. The lowest BCUT2D eigenvalue weighted by Crippen LogP contribution is -2.26. The van der Waals surface area contributed by atoms with Crippen LogP contribution in [0.15, 0.2) is 0 Å². The Morgan fingerprint density at radius 1 is 0.667 bits per heavy atom. The fourth-order valence-corrected chi connectivity index (χ4v) is 5.74. The van der Waals surface area contributed by atoms with Crippen LogP contribution in [0.4, 0.5) is 0 Å². The molecule has 110 valence electrons. The van der Waals surface area contributed by atoms with E-state index in [1.165, 1.54) is 24.2 Å². The summed E-state index contributed by atoms with van der Waals surface area (Å²) >= 11 is 0. The third kappa shape index (κ3) is 8.45. The SMILES string of the molecule is CC[SiH](CC)OC(C)CCC(C)O[SiH](CC)CC. The Morgan fingerprint density at radius 2 is 0.944 bits per heavy atom. The van der Waals surface area contributed by atoms with E-state index in [-0.39, 0.29) is 0 Å². The van der Waals surface area contributed by atoms with Crippen LogP contribution in [-0.2, 0) is 8.85 Å². The summed E-state index contributed by atoms with van der Waals surface area (Å²) in [5.41, 5.74) is 0. The Balaban J connectivity index is 3.79. The van der Waals surface area contributed by atoms with Gasteiger partial charge < -0.3 is 8.85 Å². The molecule has 0 aliphatic rings. The molecular weight excluding hydrogens is 256 g/mol. The van der Waals surface area contributed by atoms with Crippen LogP contribution in [0.1, 0.15) is 54.4 Å². The van der Waals surface area contributed by atoms with Gasteiger partial charge in [0.2, 0.25) is 0 Å². The molecule has 2 unspecified atom stereocenters. The van der Waals surface area contributed by atoms with Crippen molar-refractivity contribution in [2.75, 3.05) is 0 Å². The Bertz CT molecular complexity index is 163. The van der Waals surface area contributed by atoms with Crippen molar-refractivity contribution in [1.82, 2.24) is 0 Å². The van der Waals surface area contributed by atoms with E-state index in [9.17, 15) is 0 Å². The van der Waals surface area contributed by atoms with Gasteiger partial charge in [-0.25, -0.2) is 0 Å². The lowest BCUT2D eigenvalue weighted by Gasteiger charge is -2.23. The smallest absolute Gasteiger partial charge is 0.176 e. The van der Waals surface area contributed by atoms with E-state index in [1.807, 2.05) is 0 Å². The molecule has 0 saturated heterocycles. The molecule has 0 aromatic rings. The molecule has 0 aromatic carbocycles. The van der Waals surface area contributed by atoms with Crippen LogP contribution in [0.3, 0.4) is 0 Å². The van der Waals surface area contributed by atoms with E-state index in [4.69, 9.17) is 8.85 Å². The highest BCUT2D eigenvalue weighted by Gasteiger charge is 2.15. The van der Waals surface area contributed by atoms with E-state index in [0.717, 1.165) is 12.8 Å². The van der Waals surface area contributed by atoms with Crippen molar-refractivity contribution in [3.05, 3.63) is 0 Å². The molecule has 4 heteroatoms. The highest BCUT2D eigenvalue weighted by molar-refractivity contribution is 6.51. The molecular formula is C14H34O2Si2. The molecule has 0 bridgehead atoms. The molecule has 0 rings (SSSR count). The standard InChI is InChI=1S/C14H34O2Si2/c1-7-17(8-2)15-13(5)11-12-14(6)16-18(9-3)10-4/h13-14,17-18H,7-12H2,1-6H3. The number of hydrogen-bond acceptors (Lipinski definition) is 2. The van der Waals surface area contributed by atoms with Crippen molar-refractivity contribution in [2.45, 2.75) is 90.8 Å². The van der Waals surface area contributed by atoms with Gasteiger partial charge in [0.1, 0.15) is 0 Å². The molecule has 0 aliphatic heterocycles. The summed E-state index contributed by atoms with van der Waals surface area (Å²) in [6, 6.07) is 5.03. The molecule has 0 aromatic heterocycles. The first kappa shape index (κ1) is 18.4. The predicted molar refractivity (Wildman–Crippen MR) is 86.6 cm³/mol. The fraction of sp³-hybridized carbons (Fsp3) is 1.00. The molecule has 18 heavy (non-hydrogen) atoms. The van der Waals surface area contributed by atoms with Gasteiger partial charge in [-0.1, -0.05) is 27.7 Å². The minimum atomic E-state index is -0.886. The number of hydrogen-bond donors (Lipinski definition) is 0. The van der Waals surface area contributed by atoms with Gasteiger partial charge in [-0.3, -0.25) is 0 Å². The average molecular weight is 291 g/mol. The van der Waals surface area contributed by atoms with Crippen LogP contribution in [0.25, 0.3) is 0 Å². The first-order valence-corrected chi connectivity index (χ1v) is 12.1. The molecule has 0 amide bonds. The van der Waals surface area contributed by atoms with Crippen molar-refractivity contribution < 1.29 is 8.85 Å². The first-order chi connectivity index (χ1) is 8.57. The van der Waals surface area contributed by atoms with E-state index in [1.54, 1.807) is 0 Å². The maximum absolute atomic E-state index is 6.15. The van der Waals surface area contributed by atoms with Crippen molar-refractivity contribution >= 4 is 18.1 Å². The maximum Gasteiger partial charge on any atom is 0.176 e. The van der Waals surface area contributed by atoms with Crippen LogP contribution in [0, 0.1) is 0 Å². The summed E-state index contributed by atoms with van der Waals surface area (Å²) in [7, 11) is -1.77. The largest absolute Gasteiger partial charge is 0.417 e. The van der Waals surface area contributed by atoms with E-state index >= 15 is 0 Å². The van der Waals surface area contributed by atoms with Gasteiger partial charge in [0.15, 0.2) is 18.1 Å². The average Bonchev–Trinajstić information content (AvgIpc) is 2.39. The zero-order valence-corrected chi connectivity index (χ0v) is 15.7. The molecule has 0 N–H and O–H groups in total. The van der Waals surface area contributed by atoms with E-state index in [2.05, 4.69) is 41.5 Å². The fourth-order valence-electron chi connectivity index (χ4n) is 2.22. The second-order valence-corrected chi connectivity index (χ2v) is 11.6. The zero-order valence-electron chi connectivity index (χ0n) is 13.4. The van der Waals surface area contributed by atoms with Gasteiger partial charge in [-0.15, -0.1) is 0 Å². The third-order valence-corrected chi connectivity index (χ3v) is 8.99. The molecule has 0 fully saturated rings. The molecule has 2 atom stereocenters. The van der Waals surface area contributed by atoms with E-state index in [0.29, 0.717) is 12.2 Å². The highest BCUT2D eigenvalue weighted by Crippen LogP contribution is 2.13. The lowest BCUT2D eigenvalue weighted by atomic mass is 10.1. The van der Waals surface area contributed by atoms with Crippen LogP contribution in [0.5, 0.6) is 0 Å². The summed E-state index contributed by atoms with van der Waals surface area (Å²) in [5, 5.41) is 0. The summed E-state index contributed by atoms with van der Waals surface area (Å²) in [6.45, 7) is 13.5. The van der Waals surface area contributed by atoms with Gasteiger partial charge in [-0.05, 0) is 50.9 Å². The number of rotatable bonds is 11. The zero-order chi connectivity index (χ0) is 14.0. The Labute approximate surface area is 118 Å². The second-order valence-electron chi connectivity index (χ2n) is 5.35. The highest BCUT2D eigenvalue weighted by atomic mass is 28.3. The Kier molecular flexibility index (Phi) is 11.4. The molecule has 0 heterocycles. The molecule has 2 nitrogen and oxygen atoms in total. The Morgan fingerprint density at radius 3 is 1.17 bits per heavy atom. The predicted octanol–water partition coefficient (Wildman–Crippen LogP) is 4.10. The van der Waals surface area contributed by atoms with Crippen LogP contribution in [-0.4, -0.2) is 30.3 Å². The summed E-state index contributed by atoms with van der Waals surface area (Å²) in [5.74, 6) is 0. The van der Waals surface area contributed by atoms with Crippen LogP contribution >= 0.6 is 0 Å². The first-order valence-electron chi connectivity index (χ1n) is 7.88. The van der Waals surface area contributed by atoms with Gasteiger partial charge in [0.25, 0.3) is 0 Å². The van der Waals surface area contributed by atoms with E-state index < -0.39 is 18.1 Å². The quantitative estimate of drug-likeness (QED) is 0.533. The minimum absolute atomic E-state index is 0.427. The van der Waals surface area contributed by atoms with Crippen molar-refractivity contribution in [3.8, 4) is 0 Å². The van der Waals surface area contributed by atoms with Crippen LogP contribution < -0.4 is 0 Å². The van der Waals surface area contributed by atoms with Gasteiger partial charge >= 0.3 is 0 Å². The van der Waals surface area contributed by atoms with Crippen molar-refractivity contribution in [3.63, 3.8) is 0 Å². The Hall–Kier alpha value is 0.354.